The first-order valence-corrected chi connectivity index (χ1v) is 21.9. The average Bonchev–Trinajstić information content (AvgIpc) is 3.14. The Kier molecular flexibility index (Phi) is 43.6. The molecule has 1 radical (unpaired) electrons. The smallest absolute Gasteiger partial charge is 0.332 e. The van der Waals surface area contributed by atoms with Crippen molar-refractivity contribution in [3.8, 4) is 0 Å². The zero-order valence-corrected chi connectivity index (χ0v) is 37.5. The topological polar surface area (TPSA) is 114 Å². The third-order valence-electron chi connectivity index (χ3n) is 9.95. The maximum absolute atomic E-state index is 12.5. The van der Waals surface area contributed by atoms with Crippen molar-refractivity contribution in [3.05, 3.63) is 0 Å². The van der Waals surface area contributed by atoms with Gasteiger partial charge in [0.25, 0.3) is 0 Å². The summed E-state index contributed by atoms with van der Waals surface area (Å²) in [6.45, 7) is 10.9. The minimum atomic E-state index is -0.227. The van der Waals surface area contributed by atoms with Gasteiger partial charge in [0.1, 0.15) is 18.8 Å². The van der Waals surface area contributed by atoms with Crippen LogP contribution in [0.15, 0.2) is 0 Å². The van der Waals surface area contributed by atoms with Gasteiger partial charge >= 0.3 is 11.9 Å². The minimum absolute atomic E-state index is 0. The van der Waals surface area contributed by atoms with Crippen LogP contribution in [0, 0.1) is 0 Å². The number of unbranched alkanes of at least 4 members (excludes halogenated alkanes) is 14. The van der Waals surface area contributed by atoms with Crippen molar-refractivity contribution in [2.75, 3.05) is 26.3 Å². The van der Waals surface area contributed by atoms with Crippen LogP contribution in [-0.2, 0) is 56.5 Å². The Bertz CT molecular complexity index is 737. The van der Waals surface area contributed by atoms with Gasteiger partial charge in [0.2, 0.25) is 0 Å². The molecule has 1 aliphatic heterocycles. The molecule has 0 aromatic carbocycles. The largest absolute Gasteiger partial charge is 0.462 e. The molecule has 1 atom stereocenters. The summed E-state index contributed by atoms with van der Waals surface area (Å²) in [5.41, 5.74) is 0. The molecule has 1 saturated heterocycles. The molecule has 3 N–H and O–H groups in total. The van der Waals surface area contributed by atoms with Gasteiger partial charge < -0.3 is 29.7 Å². The van der Waals surface area contributed by atoms with Gasteiger partial charge in [0.15, 0.2) is 0 Å². The number of hydrogen-bond acceptors (Lipinski definition) is 8. The first-order chi connectivity index (χ1) is 24.9. The molecule has 52 heavy (non-hydrogen) atoms. The summed E-state index contributed by atoms with van der Waals surface area (Å²) >= 11 is 0. The molecule has 0 spiro atoms. The maximum atomic E-state index is 12.5. The number of nitrogens with one attached hydrogen (secondary N) is 1. The van der Waals surface area contributed by atoms with Crippen LogP contribution in [0.2, 0.25) is 0 Å². The second-order valence-electron chi connectivity index (χ2n) is 15.0. The summed E-state index contributed by atoms with van der Waals surface area (Å²) in [6, 6.07) is 0. The summed E-state index contributed by atoms with van der Waals surface area (Å²) in [4.78, 5) is 24.8. The Morgan fingerprint density at radius 2 is 0.981 bits per heavy atom. The van der Waals surface area contributed by atoms with E-state index in [4.69, 9.17) is 19.3 Å². The molecule has 9 heteroatoms. The van der Waals surface area contributed by atoms with E-state index in [1.807, 2.05) is 0 Å². The van der Waals surface area contributed by atoms with E-state index in [1.165, 1.54) is 32.1 Å². The fraction of sp³-hybridized carbons (Fsp3) is 0.953. The molecule has 1 rings (SSSR count). The zero-order chi connectivity index (χ0) is 37.6. The molecular weight excluding hydrogens is 731 g/mol. The van der Waals surface area contributed by atoms with Crippen LogP contribution < -0.4 is 5.32 Å². The molecule has 1 heterocycles. The number of aliphatic hydroxyl groups excluding tert-OH is 2. The quantitative estimate of drug-likeness (QED) is 0.0435. The number of ether oxygens (including phenoxy) is 3. The molecule has 0 aromatic rings. The van der Waals surface area contributed by atoms with E-state index in [9.17, 15) is 14.7 Å². The number of hydrogen-bond donors (Lipinski definition) is 3. The van der Waals surface area contributed by atoms with Gasteiger partial charge in [0.05, 0.1) is 12.2 Å². The summed E-state index contributed by atoms with van der Waals surface area (Å²) < 4.78 is 17.5. The second-order valence-corrected chi connectivity index (χ2v) is 15.0. The van der Waals surface area contributed by atoms with Crippen LogP contribution in [-0.4, -0.2) is 72.9 Å². The second kappa shape index (κ2) is 42.0. The van der Waals surface area contributed by atoms with Crippen LogP contribution in [0.4, 0.5) is 0 Å². The standard InChI is InChI=1S/C34H65NO6.C9H20O.Y/c1-3-5-19-31(20-6-4-2)40-33(37)23-17-13-8-7-11-15-21-32(22-16-12-9-10-14-18-28-36)41-34(38)29-39-30-24-26-35-27-25-30;1-3-5-7-9(10)8-6-4-2;/h30-32,35-36H,3-29H2,1-2H3;9-10H,3-8H2,1-2H3;. The van der Waals surface area contributed by atoms with E-state index in [-0.39, 0.29) is 82.3 Å². The van der Waals surface area contributed by atoms with E-state index >= 15 is 0 Å². The van der Waals surface area contributed by atoms with Crippen molar-refractivity contribution in [1.29, 1.82) is 0 Å². The van der Waals surface area contributed by atoms with Crippen LogP contribution in [0.3, 0.4) is 0 Å². The third-order valence-corrected chi connectivity index (χ3v) is 9.95. The molecule has 1 fully saturated rings. The molecule has 0 amide bonds. The third kappa shape index (κ3) is 36.8. The minimum Gasteiger partial charge on any atom is -0.462 e. The van der Waals surface area contributed by atoms with E-state index < -0.39 is 0 Å². The molecule has 0 aliphatic carbocycles. The molecule has 1 unspecified atom stereocenters. The van der Waals surface area contributed by atoms with Gasteiger partial charge in [-0.15, -0.1) is 0 Å². The summed E-state index contributed by atoms with van der Waals surface area (Å²) in [5.74, 6) is -0.251. The molecule has 0 saturated carbocycles. The van der Waals surface area contributed by atoms with E-state index in [0.717, 1.165) is 161 Å². The molecule has 307 valence electrons. The van der Waals surface area contributed by atoms with Crippen LogP contribution >= 0.6 is 0 Å². The predicted octanol–water partition coefficient (Wildman–Crippen LogP) is 10.5. The van der Waals surface area contributed by atoms with Crippen molar-refractivity contribution < 1.29 is 66.7 Å². The van der Waals surface area contributed by atoms with Gasteiger partial charge in [-0.2, -0.15) is 0 Å². The van der Waals surface area contributed by atoms with Gasteiger partial charge in [-0.3, -0.25) is 4.79 Å². The normalized spacial score (nSPS) is 13.8. The Hall–Kier alpha value is -0.116. The molecule has 1 aliphatic rings. The number of carbonyl (C=O) groups excluding carboxylic acids is 2. The Balaban J connectivity index is 0. The van der Waals surface area contributed by atoms with E-state index in [1.54, 1.807) is 0 Å². The SMILES string of the molecule is CCCCC(CCCC)OC(=O)CCCCCCCCC(CCCCCCCCO)OC(=O)COC1CCNCC1.CCCCC(O)CCCC.[Y]. The summed E-state index contributed by atoms with van der Waals surface area (Å²) in [6.07, 6.45) is 30.7. The van der Waals surface area contributed by atoms with E-state index in [2.05, 4.69) is 33.0 Å². The predicted molar refractivity (Wildman–Crippen MR) is 212 cm³/mol. The van der Waals surface area contributed by atoms with Crippen molar-refractivity contribution >= 4 is 11.9 Å². The first-order valence-electron chi connectivity index (χ1n) is 21.9. The maximum Gasteiger partial charge on any atom is 0.332 e. The molecular formula is C43H85NO7Y. The number of aliphatic hydroxyl groups is 2. The molecule has 0 bridgehead atoms. The van der Waals surface area contributed by atoms with Gasteiger partial charge in [-0.1, -0.05) is 130 Å². The monoisotopic (exact) mass is 817 g/mol. The summed E-state index contributed by atoms with van der Waals surface area (Å²) in [5, 5.41) is 21.6. The fourth-order valence-corrected chi connectivity index (χ4v) is 6.56. The van der Waals surface area contributed by atoms with Gasteiger partial charge in [0, 0.05) is 45.7 Å². The number of carbonyl (C=O) groups is 2. The Morgan fingerprint density at radius 1 is 0.577 bits per heavy atom. The first kappa shape index (κ1) is 54.0. The zero-order valence-electron chi connectivity index (χ0n) is 34.7. The van der Waals surface area contributed by atoms with Gasteiger partial charge in [-0.05, 0) is 90.1 Å². The van der Waals surface area contributed by atoms with Crippen LogP contribution in [0.5, 0.6) is 0 Å². The van der Waals surface area contributed by atoms with Crippen LogP contribution in [0.1, 0.15) is 214 Å². The van der Waals surface area contributed by atoms with Crippen molar-refractivity contribution in [3.63, 3.8) is 0 Å². The van der Waals surface area contributed by atoms with Crippen molar-refractivity contribution in [2.24, 2.45) is 0 Å². The van der Waals surface area contributed by atoms with Crippen molar-refractivity contribution in [1.82, 2.24) is 5.32 Å². The summed E-state index contributed by atoms with van der Waals surface area (Å²) in [7, 11) is 0. The van der Waals surface area contributed by atoms with Crippen molar-refractivity contribution in [2.45, 2.75) is 238 Å². The Labute approximate surface area is 346 Å². The average molecular weight is 817 g/mol. The van der Waals surface area contributed by atoms with Gasteiger partial charge in [-0.25, -0.2) is 4.79 Å². The number of rotatable bonds is 34. The van der Waals surface area contributed by atoms with E-state index in [0.29, 0.717) is 6.42 Å². The number of esters is 2. The molecule has 8 nitrogen and oxygen atoms in total. The fourth-order valence-electron chi connectivity index (χ4n) is 6.56. The molecule has 0 aromatic heterocycles. The Morgan fingerprint density at radius 3 is 1.46 bits per heavy atom. The number of piperidine rings is 1. The van der Waals surface area contributed by atoms with Crippen LogP contribution in [0.25, 0.3) is 0 Å².